The van der Waals surface area contributed by atoms with Crippen LogP contribution in [0, 0.1) is 5.92 Å². The van der Waals surface area contributed by atoms with Crippen molar-refractivity contribution in [3.63, 3.8) is 0 Å². The lowest BCUT2D eigenvalue weighted by atomic mass is 10.0. The average Bonchev–Trinajstić information content (AvgIpc) is 2.66. The van der Waals surface area contributed by atoms with Gasteiger partial charge in [-0.2, -0.15) is 0 Å². The number of rotatable bonds is 5. The number of aryl methyl sites for hydroxylation is 1. The van der Waals surface area contributed by atoms with Crippen LogP contribution in [0.2, 0.25) is 0 Å². The number of benzene rings is 2. The molecule has 2 aromatic rings. The van der Waals surface area contributed by atoms with Crippen molar-refractivity contribution in [2.75, 3.05) is 6.54 Å². The quantitative estimate of drug-likeness (QED) is 0.874. The summed E-state index contributed by atoms with van der Waals surface area (Å²) in [6, 6.07) is 13.4. The standard InChI is InChI=1S/C20H23NO4S/c1-14(2)20(22)21-13-16-10-8-15-9-11-18(12-19(15)25-16)26(23,24)17-6-4-3-5-7-17/h3-7,9,11-12,14,16H,8,10,13H2,1-2H3,(H,21,22)/t16-/m1/s1. The van der Waals surface area contributed by atoms with Gasteiger partial charge in [0.15, 0.2) is 0 Å². The van der Waals surface area contributed by atoms with Gasteiger partial charge in [-0.25, -0.2) is 8.42 Å². The highest BCUT2D eigenvalue weighted by atomic mass is 32.2. The largest absolute Gasteiger partial charge is 0.488 e. The van der Waals surface area contributed by atoms with Crippen LogP contribution in [0.15, 0.2) is 58.3 Å². The van der Waals surface area contributed by atoms with E-state index in [1.54, 1.807) is 42.5 Å². The van der Waals surface area contributed by atoms with E-state index >= 15 is 0 Å². The van der Waals surface area contributed by atoms with Crippen molar-refractivity contribution in [3.8, 4) is 5.75 Å². The number of carbonyl (C=O) groups is 1. The SMILES string of the molecule is CC(C)C(=O)NC[C@H]1CCc2ccc(S(=O)(=O)c3ccccc3)cc2O1. The van der Waals surface area contributed by atoms with Gasteiger partial charge in [0.05, 0.1) is 16.3 Å². The van der Waals surface area contributed by atoms with Gasteiger partial charge in [0.2, 0.25) is 15.7 Å². The Morgan fingerprint density at radius 3 is 2.58 bits per heavy atom. The van der Waals surface area contributed by atoms with Crippen LogP contribution in [0.3, 0.4) is 0 Å². The Balaban J connectivity index is 1.79. The van der Waals surface area contributed by atoms with Gasteiger partial charge in [0.1, 0.15) is 11.9 Å². The van der Waals surface area contributed by atoms with Crippen molar-refractivity contribution in [2.45, 2.75) is 42.6 Å². The Morgan fingerprint density at radius 1 is 1.15 bits per heavy atom. The zero-order valence-corrected chi connectivity index (χ0v) is 15.8. The summed E-state index contributed by atoms with van der Waals surface area (Å²) >= 11 is 0. The summed E-state index contributed by atoms with van der Waals surface area (Å²) in [5, 5.41) is 2.87. The number of nitrogens with one attached hydrogen (secondary N) is 1. The monoisotopic (exact) mass is 373 g/mol. The molecule has 26 heavy (non-hydrogen) atoms. The van der Waals surface area contributed by atoms with Crippen LogP contribution in [-0.4, -0.2) is 27.0 Å². The lowest BCUT2D eigenvalue weighted by Gasteiger charge is -2.27. The summed E-state index contributed by atoms with van der Waals surface area (Å²) in [6.45, 7) is 4.10. The van der Waals surface area contributed by atoms with Crippen LogP contribution < -0.4 is 10.1 Å². The van der Waals surface area contributed by atoms with E-state index in [2.05, 4.69) is 5.32 Å². The predicted molar refractivity (Wildman–Crippen MR) is 98.9 cm³/mol. The number of amides is 1. The number of ether oxygens (including phenoxy) is 1. The lowest BCUT2D eigenvalue weighted by Crippen LogP contribution is -2.38. The lowest BCUT2D eigenvalue weighted by molar-refractivity contribution is -0.124. The summed E-state index contributed by atoms with van der Waals surface area (Å²) in [4.78, 5) is 12.2. The van der Waals surface area contributed by atoms with Gasteiger partial charge < -0.3 is 10.1 Å². The first kappa shape index (κ1) is 18.5. The molecule has 0 radical (unpaired) electrons. The van der Waals surface area contributed by atoms with E-state index in [4.69, 9.17) is 4.74 Å². The molecule has 0 fully saturated rings. The first-order valence-corrected chi connectivity index (χ1v) is 10.2. The molecule has 0 saturated heterocycles. The fraction of sp³-hybridized carbons (Fsp3) is 0.350. The molecule has 1 N–H and O–H groups in total. The number of carbonyl (C=O) groups excluding carboxylic acids is 1. The van der Waals surface area contributed by atoms with Crippen molar-refractivity contribution in [1.29, 1.82) is 0 Å². The van der Waals surface area contributed by atoms with Gasteiger partial charge in [-0.05, 0) is 42.7 Å². The topological polar surface area (TPSA) is 72.5 Å². The maximum Gasteiger partial charge on any atom is 0.222 e. The Kier molecular flexibility index (Phi) is 5.32. The molecular weight excluding hydrogens is 350 g/mol. The third kappa shape index (κ3) is 3.90. The molecule has 1 atom stereocenters. The van der Waals surface area contributed by atoms with E-state index < -0.39 is 9.84 Å². The minimum absolute atomic E-state index is 0.0141. The molecule has 0 aliphatic carbocycles. The molecule has 138 valence electrons. The number of hydrogen-bond acceptors (Lipinski definition) is 4. The predicted octanol–water partition coefficient (Wildman–Crippen LogP) is 2.99. The van der Waals surface area contributed by atoms with E-state index in [0.717, 1.165) is 18.4 Å². The second-order valence-corrected chi connectivity index (χ2v) is 8.71. The van der Waals surface area contributed by atoms with Gasteiger partial charge >= 0.3 is 0 Å². The fourth-order valence-electron chi connectivity index (χ4n) is 2.87. The molecule has 5 nitrogen and oxygen atoms in total. The molecule has 3 rings (SSSR count). The van der Waals surface area contributed by atoms with E-state index in [-0.39, 0.29) is 27.7 Å². The molecule has 6 heteroatoms. The molecule has 1 amide bonds. The molecule has 0 aromatic heterocycles. The molecule has 1 heterocycles. The normalized spacial score (nSPS) is 16.7. The Bertz CT molecular complexity index is 891. The maximum absolute atomic E-state index is 12.8. The van der Waals surface area contributed by atoms with E-state index in [1.165, 1.54) is 0 Å². The second-order valence-electron chi connectivity index (χ2n) is 6.76. The van der Waals surface area contributed by atoms with Gasteiger partial charge in [0, 0.05) is 5.92 Å². The number of fused-ring (bicyclic) bond motifs is 1. The summed E-state index contributed by atoms with van der Waals surface area (Å²) in [7, 11) is -3.58. The molecule has 0 bridgehead atoms. The van der Waals surface area contributed by atoms with Crippen molar-refractivity contribution in [1.82, 2.24) is 5.32 Å². The first-order chi connectivity index (χ1) is 12.4. The zero-order chi connectivity index (χ0) is 18.7. The van der Waals surface area contributed by atoms with E-state index in [0.29, 0.717) is 12.3 Å². The number of hydrogen-bond donors (Lipinski definition) is 1. The van der Waals surface area contributed by atoms with E-state index in [9.17, 15) is 13.2 Å². The third-order valence-electron chi connectivity index (χ3n) is 4.46. The van der Waals surface area contributed by atoms with E-state index in [1.807, 2.05) is 19.9 Å². The minimum atomic E-state index is -3.58. The average molecular weight is 373 g/mol. The van der Waals surface area contributed by atoms with Gasteiger partial charge in [-0.1, -0.05) is 38.1 Å². The second kappa shape index (κ2) is 7.50. The minimum Gasteiger partial charge on any atom is -0.488 e. The molecule has 0 spiro atoms. The Morgan fingerprint density at radius 2 is 1.88 bits per heavy atom. The molecule has 0 saturated carbocycles. The highest BCUT2D eigenvalue weighted by Crippen LogP contribution is 2.32. The van der Waals surface area contributed by atoms with Gasteiger partial charge in [-0.15, -0.1) is 0 Å². The van der Waals surface area contributed by atoms with Crippen molar-refractivity contribution < 1.29 is 17.9 Å². The van der Waals surface area contributed by atoms with Crippen molar-refractivity contribution >= 4 is 15.7 Å². The molecular formula is C20H23NO4S. The van der Waals surface area contributed by atoms with Gasteiger partial charge in [-0.3, -0.25) is 4.79 Å². The van der Waals surface area contributed by atoms with Gasteiger partial charge in [0.25, 0.3) is 0 Å². The Labute approximate surface area is 154 Å². The van der Waals surface area contributed by atoms with Crippen molar-refractivity contribution in [3.05, 3.63) is 54.1 Å². The van der Waals surface area contributed by atoms with Crippen LogP contribution in [0.5, 0.6) is 5.75 Å². The molecule has 1 aliphatic heterocycles. The molecule has 1 aliphatic rings. The summed E-state index contributed by atoms with van der Waals surface area (Å²) in [5.41, 5.74) is 0.989. The summed E-state index contributed by atoms with van der Waals surface area (Å²) in [6.07, 6.45) is 1.43. The third-order valence-corrected chi connectivity index (χ3v) is 6.23. The smallest absolute Gasteiger partial charge is 0.222 e. The molecule has 2 aromatic carbocycles. The van der Waals surface area contributed by atoms with Crippen LogP contribution >= 0.6 is 0 Å². The molecule has 0 unspecified atom stereocenters. The van der Waals surface area contributed by atoms with Crippen molar-refractivity contribution in [2.24, 2.45) is 5.92 Å². The maximum atomic E-state index is 12.8. The zero-order valence-electron chi connectivity index (χ0n) is 14.9. The Hall–Kier alpha value is -2.34. The van der Waals surface area contributed by atoms with Crippen LogP contribution in [-0.2, 0) is 21.1 Å². The fourth-order valence-corrected chi connectivity index (χ4v) is 4.17. The van der Waals surface area contributed by atoms with Crippen LogP contribution in [0.4, 0.5) is 0 Å². The summed E-state index contributed by atoms with van der Waals surface area (Å²) in [5.74, 6) is 0.491. The first-order valence-electron chi connectivity index (χ1n) is 8.75. The highest BCUT2D eigenvalue weighted by Gasteiger charge is 2.24. The number of sulfone groups is 1. The summed E-state index contributed by atoms with van der Waals surface area (Å²) < 4.78 is 31.5. The van der Waals surface area contributed by atoms with Crippen LogP contribution in [0.25, 0.3) is 0 Å². The van der Waals surface area contributed by atoms with Crippen LogP contribution in [0.1, 0.15) is 25.8 Å². The highest BCUT2D eigenvalue weighted by molar-refractivity contribution is 7.91.